The van der Waals surface area contributed by atoms with E-state index in [4.69, 9.17) is 9.47 Å². The number of thiophene rings is 4. The van der Waals surface area contributed by atoms with Gasteiger partial charge in [0.2, 0.25) is 0 Å². The molecule has 0 radical (unpaired) electrons. The van der Waals surface area contributed by atoms with E-state index in [9.17, 15) is 9.59 Å². The molecule has 4 aliphatic carbocycles. The number of amides is 2. The third-order valence-electron chi connectivity index (χ3n) is 14.9. The zero-order valence-electron chi connectivity index (χ0n) is 37.2. The molecule has 4 fully saturated rings. The number of likely N-dealkylation sites (tertiary alicyclic amines) is 2. The molecule has 372 valence electrons. The van der Waals surface area contributed by atoms with Gasteiger partial charge in [0, 0.05) is 88.7 Å². The molecule has 4 saturated heterocycles. The number of hydrogen-bond acceptors (Lipinski definition) is 10. The lowest BCUT2D eigenvalue weighted by Crippen LogP contribution is -2.42. The van der Waals surface area contributed by atoms with Crippen LogP contribution in [0, 0.1) is 37.5 Å². The van der Waals surface area contributed by atoms with Gasteiger partial charge in [-0.3, -0.25) is 0 Å². The number of hydrogen-bond donors (Lipinski definition) is 2. The van der Waals surface area contributed by atoms with E-state index < -0.39 is 0 Å². The average Bonchev–Trinajstić information content (AvgIpc) is 4.17. The molecule has 67 heavy (non-hydrogen) atoms. The number of rotatable bonds is 2. The van der Waals surface area contributed by atoms with Crippen molar-refractivity contribution in [2.75, 3.05) is 65.6 Å². The van der Waals surface area contributed by atoms with Crippen molar-refractivity contribution >= 4 is 121 Å². The van der Waals surface area contributed by atoms with Gasteiger partial charge in [-0.2, -0.15) is 0 Å². The number of carbonyl (C=O) groups excluding carboxylic acids is 2. The molecule has 8 atom stereocenters. The molecule has 8 unspecified atom stereocenters. The third-order valence-corrected chi connectivity index (χ3v) is 23.5. The van der Waals surface area contributed by atoms with Crippen molar-refractivity contribution < 1.29 is 19.1 Å². The maximum atomic E-state index is 11.8. The second kappa shape index (κ2) is 24.3. The number of carbonyl (C=O) groups is 2. The van der Waals surface area contributed by atoms with E-state index in [1.54, 1.807) is 20.9 Å². The summed E-state index contributed by atoms with van der Waals surface area (Å²) in [5, 5.41) is 7.02. The zero-order chi connectivity index (χ0) is 44.8. The fourth-order valence-corrected chi connectivity index (χ4v) is 19.9. The van der Waals surface area contributed by atoms with Crippen molar-refractivity contribution in [2.24, 2.45) is 23.7 Å². The van der Waals surface area contributed by atoms with Crippen molar-refractivity contribution in [1.82, 2.24) is 20.4 Å². The summed E-state index contributed by atoms with van der Waals surface area (Å²) in [5.74, 6) is 5.95. The maximum absolute atomic E-state index is 11.8. The smallest absolute Gasteiger partial charge is 0.409 e. The lowest BCUT2D eigenvalue weighted by Gasteiger charge is -2.34. The summed E-state index contributed by atoms with van der Waals surface area (Å²) in [6, 6.07) is 4.48. The lowest BCUT2D eigenvalue weighted by molar-refractivity contribution is 0.0854. The van der Waals surface area contributed by atoms with Crippen LogP contribution in [0.4, 0.5) is 9.59 Å². The van der Waals surface area contributed by atoms with Gasteiger partial charge in [0.15, 0.2) is 0 Å². The molecule has 4 aromatic heterocycles. The number of piperidine rings is 4. The Morgan fingerprint density at radius 2 is 1.25 bits per heavy atom. The van der Waals surface area contributed by atoms with Gasteiger partial charge in [-0.05, 0) is 226 Å². The van der Waals surface area contributed by atoms with Gasteiger partial charge in [-0.15, -0.1) is 45.3 Å². The Morgan fingerprint density at radius 1 is 0.627 bits per heavy atom. The number of aryl methyl sites for hydroxylation is 2. The normalized spacial score (nSPS) is 26.4. The molecule has 8 aliphatic rings. The second-order valence-electron chi connectivity index (χ2n) is 18.6. The van der Waals surface area contributed by atoms with Crippen LogP contribution in [0.15, 0.2) is 28.7 Å². The minimum absolute atomic E-state index is 0. The summed E-state index contributed by atoms with van der Waals surface area (Å²) in [5.41, 5.74) is 6.18. The highest BCUT2D eigenvalue weighted by atomic mass is 79.9. The van der Waals surface area contributed by atoms with E-state index in [0.717, 1.165) is 75.0 Å². The Morgan fingerprint density at radius 3 is 2.00 bits per heavy atom. The van der Waals surface area contributed by atoms with Crippen LogP contribution in [0.2, 0.25) is 0 Å². The highest BCUT2D eigenvalue weighted by Gasteiger charge is 2.42. The Hall–Kier alpha value is -0.820. The molecule has 4 aromatic rings. The third kappa shape index (κ3) is 11.7. The van der Waals surface area contributed by atoms with Crippen LogP contribution in [0.25, 0.3) is 0 Å². The van der Waals surface area contributed by atoms with Gasteiger partial charge >= 0.3 is 12.2 Å². The highest BCUT2D eigenvalue weighted by molar-refractivity contribution is 9.11. The second-order valence-corrected chi connectivity index (χ2v) is 27.8. The van der Waals surface area contributed by atoms with Crippen molar-refractivity contribution in [3.8, 4) is 0 Å². The van der Waals surface area contributed by atoms with E-state index in [0.29, 0.717) is 31.0 Å². The maximum Gasteiger partial charge on any atom is 0.409 e. The molecule has 8 heterocycles. The first kappa shape index (κ1) is 55.5. The summed E-state index contributed by atoms with van der Waals surface area (Å²) in [4.78, 5) is 36.6. The zero-order valence-corrected chi connectivity index (χ0v) is 46.8. The number of fused-ring (bicyclic) bond motifs is 12. The fourth-order valence-electron chi connectivity index (χ4n) is 11.9. The molecule has 0 aromatic carbocycles. The highest BCUT2D eigenvalue weighted by Crippen LogP contribution is 2.52. The van der Waals surface area contributed by atoms with Crippen LogP contribution in [-0.4, -0.2) is 87.6 Å². The summed E-state index contributed by atoms with van der Waals surface area (Å²) in [7, 11) is 0. The van der Waals surface area contributed by atoms with Crippen LogP contribution < -0.4 is 10.6 Å². The summed E-state index contributed by atoms with van der Waals surface area (Å²) in [6.07, 6.45) is 9.49. The predicted molar refractivity (Wildman–Crippen MR) is 299 cm³/mol. The number of halogens is 4. The molecule has 8 nitrogen and oxygen atoms in total. The van der Waals surface area contributed by atoms with Gasteiger partial charge in [-0.25, -0.2) is 9.59 Å². The van der Waals surface area contributed by atoms with Gasteiger partial charge in [0.05, 0.1) is 20.8 Å². The Balaban J connectivity index is 0.000000146. The molecule has 12 rings (SSSR count). The predicted octanol–water partition coefficient (Wildman–Crippen LogP) is 15.3. The van der Waals surface area contributed by atoms with Crippen LogP contribution in [-0.2, 0) is 35.2 Å². The van der Waals surface area contributed by atoms with E-state index in [2.05, 4.69) is 100 Å². The fraction of sp³-hybridized carbons (Fsp3) is 0.647. The molecule has 2 amide bonds. The topological polar surface area (TPSA) is 83.1 Å². The largest absolute Gasteiger partial charge is 0.450 e. The Bertz CT molecular complexity index is 2330. The van der Waals surface area contributed by atoms with Crippen LogP contribution >= 0.6 is 109 Å². The average molecular weight is 1250 g/mol. The number of nitrogens with one attached hydrogen (secondary N) is 2. The van der Waals surface area contributed by atoms with E-state index in [1.807, 2.05) is 69.0 Å². The van der Waals surface area contributed by atoms with Crippen LogP contribution in [0.5, 0.6) is 0 Å². The van der Waals surface area contributed by atoms with Gasteiger partial charge in [-0.1, -0.05) is 22.3 Å². The summed E-state index contributed by atoms with van der Waals surface area (Å²) >= 11 is 22.3. The van der Waals surface area contributed by atoms with E-state index in [-0.39, 0.29) is 34.5 Å². The summed E-state index contributed by atoms with van der Waals surface area (Å²) in [6.45, 7) is 17.2. The monoisotopic (exact) mass is 1250 g/mol. The quantitative estimate of drug-likeness (QED) is 0.208. The standard InChI is InChI=1S/2C13H16BrNO2S.2C11H14BrNS.3CH4/c1-2-17-13(16)15-4-3-10-9(7-15)5-8-6-11(14)18-12(8)10;1-2-17-13(16)15-4-3-8-5-11-9(10(8)7-15)6-12(14)18-11;1-6-10(12)9-4-7-5-13-3-2-8(7)11(9)14-6;1-6-11(12)10-8-5-13-3-2-7(8)4-9(10)14-6;;;/h6,9-10H,2-5,7H2,1H3;6,8,10H,2-5,7H2,1H3;2*7-8,13H,2-5H2,1H3;3*1H4. The van der Waals surface area contributed by atoms with E-state index in [1.165, 1.54) is 105 Å². The molecule has 4 aliphatic heterocycles. The van der Waals surface area contributed by atoms with Crippen molar-refractivity contribution in [3.63, 3.8) is 0 Å². The Labute approximate surface area is 451 Å². The number of nitrogens with zero attached hydrogens (tertiary/aromatic N) is 2. The molecule has 0 saturated carbocycles. The van der Waals surface area contributed by atoms with Crippen LogP contribution in [0.3, 0.4) is 0 Å². The molecular weight excluding hydrogens is 1180 g/mol. The first-order valence-electron chi connectivity index (χ1n) is 23.3. The number of ether oxygens (including phenoxy) is 2. The first-order chi connectivity index (χ1) is 30.9. The van der Waals surface area contributed by atoms with Crippen molar-refractivity contribution in [2.45, 2.75) is 125 Å². The minimum Gasteiger partial charge on any atom is -0.450 e. The van der Waals surface area contributed by atoms with Gasteiger partial charge in [0.1, 0.15) is 0 Å². The minimum atomic E-state index is -0.154. The molecule has 0 spiro atoms. The Kier molecular flexibility index (Phi) is 20.1. The molecule has 16 heteroatoms. The molecule has 2 N–H and O–H groups in total. The van der Waals surface area contributed by atoms with Crippen LogP contribution in [0.1, 0.15) is 137 Å². The van der Waals surface area contributed by atoms with Gasteiger partial charge < -0.3 is 29.9 Å². The lowest BCUT2D eigenvalue weighted by atomic mass is 9.86. The first-order valence-corrected chi connectivity index (χ1v) is 29.7. The van der Waals surface area contributed by atoms with Gasteiger partial charge in [0.25, 0.3) is 0 Å². The van der Waals surface area contributed by atoms with Crippen molar-refractivity contribution in [1.29, 1.82) is 0 Å². The molecule has 0 bridgehead atoms. The summed E-state index contributed by atoms with van der Waals surface area (Å²) < 4.78 is 15.4. The van der Waals surface area contributed by atoms with E-state index >= 15 is 0 Å². The van der Waals surface area contributed by atoms with Crippen molar-refractivity contribution in [3.05, 3.63) is 80.2 Å². The molecular formula is C51H72Br4N4O4S4. The SMILES string of the molecule is C.C.C.CCOC(=O)N1CCC2Cc3sc(Br)cc3C2C1.CCOC(=O)N1CCC2c3sc(Br)cc3CC2C1.Cc1sc2c(c1Br)C1CNCCC1C2.Cc1sc2c(c1Br)CC1CNCCC21.